The van der Waals surface area contributed by atoms with Crippen molar-refractivity contribution in [3.05, 3.63) is 0 Å². The molecule has 0 amide bonds. The number of nitrogens with two attached hydrogens (primary N) is 1. The van der Waals surface area contributed by atoms with Gasteiger partial charge in [0.25, 0.3) is 7.52 Å². The molecule has 1 unspecified atom stereocenters. The van der Waals surface area contributed by atoms with E-state index >= 15 is 0 Å². The van der Waals surface area contributed by atoms with Crippen LogP contribution in [0.4, 0.5) is 0 Å². The van der Waals surface area contributed by atoms with Gasteiger partial charge in [-0.25, -0.2) is 0 Å². The van der Waals surface area contributed by atoms with Gasteiger partial charge in [0.1, 0.15) is 6.16 Å². The van der Waals surface area contributed by atoms with Crippen molar-refractivity contribution in [3.63, 3.8) is 0 Å². The lowest BCUT2D eigenvalue weighted by molar-refractivity contribution is 0.483. The Morgan fingerprint density at radius 2 is 2.43 bits per heavy atom. The Kier molecular flexibility index (Phi) is 1.97. The summed E-state index contributed by atoms with van der Waals surface area (Å²) in [6.45, 7) is 0. The van der Waals surface area contributed by atoms with Gasteiger partial charge in [-0.3, -0.25) is 10.1 Å². The number of hydrogen-bond acceptors (Lipinski definition) is 2. The van der Waals surface area contributed by atoms with E-state index in [-0.39, 0.29) is 0 Å². The topological polar surface area (TPSA) is 87.1 Å². The first-order valence-electron chi connectivity index (χ1n) is 1.53. The predicted molar refractivity (Wildman–Crippen MR) is 24.5 cm³/mol. The van der Waals surface area contributed by atoms with Crippen LogP contribution in [-0.4, -0.2) is 11.1 Å². The van der Waals surface area contributed by atoms with E-state index in [1.807, 2.05) is 0 Å². The lowest BCUT2D eigenvalue weighted by Gasteiger charge is -1.92. The van der Waals surface area contributed by atoms with Crippen LogP contribution in [0.5, 0.6) is 0 Å². The van der Waals surface area contributed by atoms with E-state index in [0.29, 0.717) is 0 Å². The molecular formula is C2H5N2O2P. The standard InChI is InChI=1S/C2H5N2O2P/c3-1-2-7(4,5)6/h2H2,(H3,4,5,6). The van der Waals surface area contributed by atoms with Crippen LogP contribution in [0.15, 0.2) is 0 Å². The molecule has 1 atom stereocenters. The summed E-state index contributed by atoms with van der Waals surface area (Å²) in [4.78, 5) is 8.13. The summed E-state index contributed by atoms with van der Waals surface area (Å²) in [6, 6.07) is 1.47. The minimum absolute atomic E-state index is 0.465. The summed E-state index contributed by atoms with van der Waals surface area (Å²) in [6.07, 6.45) is -0.465. The fraction of sp³-hybridized carbons (Fsp3) is 0.500. The number of hydrogen-bond donors (Lipinski definition) is 2. The van der Waals surface area contributed by atoms with Gasteiger partial charge in [-0.1, -0.05) is 0 Å². The maximum atomic E-state index is 9.93. The van der Waals surface area contributed by atoms with Gasteiger partial charge in [-0.15, -0.1) is 0 Å². The number of nitriles is 1. The quantitative estimate of drug-likeness (QED) is 0.463. The SMILES string of the molecule is N#CCP(N)(=O)O. The van der Waals surface area contributed by atoms with E-state index in [1.54, 1.807) is 0 Å². The minimum Gasteiger partial charge on any atom is -0.333 e. The largest absolute Gasteiger partial charge is 0.333 e. The van der Waals surface area contributed by atoms with Crippen LogP contribution in [0.2, 0.25) is 0 Å². The summed E-state index contributed by atoms with van der Waals surface area (Å²) >= 11 is 0. The predicted octanol–water partition coefficient (Wildman–Crippen LogP) is -0.346. The molecule has 7 heavy (non-hydrogen) atoms. The monoisotopic (exact) mass is 120 g/mol. The van der Waals surface area contributed by atoms with Crippen LogP contribution < -0.4 is 5.50 Å². The summed E-state index contributed by atoms with van der Waals surface area (Å²) in [5, 5.41) is 7.74. The van der Waals surface area contributed by atoms with Gasteiger partial charge >= 0.3 is 0 Å². The lowest BCUT2D eigenvalue weighted by Crippen LogP contribution is -1.94. The molecule has 5 heteroatoms. The molecule has 0 aromatic heterocycles. The fourth-order valence-corrected chi connectivity index (χ4v) is 0.304. The van der Waals surface area contributed by atoms with Crippen LogP contribution in [0.3, 0.4) is 0 Å². The van der Waals surface area contributed by atoms with Crippen molar-refractivity contribution in [1.82, 2.24) is 0 Å². The molecular weight excluding hydrogens is 115 g/mol. The van der Waals surface area contributed by atoms with Gasteiger partial charge in [0.05, 0.1) is 6.07 Å². The highest BCUT2D eigenvalue weighted by Gasteiger charge is 2.06. The molecule has 0 aromatic rings. The van der Waals surface area contributed by atoms with Crippen LogP contribution in [0, 0.1) is 11.3 Å². The third kappa shape index (κ3) is 5.64. The van der Waals surface area contributed by atoms with E-state index in [0.717, 1.165) is 0 Å². The minimum atomic E-state index is -3.53. The van der Waals surface area contributed by atoms with E-state index < -0.39 is 13.7 Å². The Morgan fingerprint density at radius 1 is 2.00 bits per heavy atom. The Balaban J connectivity index is 3.65. The average molecular weight is 120 g/mol. The molecule has 0 radical (unpaired) electrons. The summed E-state index contributed by atoms with van der Waals surface area (Å²) in [7, 11) is -3.53. The first kappa shape index (κ1) is 6.64. The Morgan fingerprint density at radius 3 is 2.43 bits per heavy atom. The molecule has 0 aliphatic rings. The molecule has 0 heterocycles. The number of nitrogens with zero attached hydrogens (tertiary/aromatic N) is 1. The Bertz CT molecular complexity index is 131. The molecule has 0 aliphatic carbocycles. The van der Waals surface area contributed by atoms with E-state index in [9.17, 15) is 4.57 Å². The second-order valence-corrected chi connectivity index (χ2v) is 2.90. The molecule has 0 saturated carbocycles. The smallest absolute Gasteiger partial charge is 0.278 e. The van der Waals surface area contributed by atoms with Gasteiger partial charge in [-0.05, 0) is 0 Å². The van der Waals surface area contributed by atoms with E-state index in [2.05, 4.69) is 5.50 Å². The molecule has 3 N–H and O–H groups in total. The van der Waals surface area contributed by atoms with Gasteiger partial charge in [0.15, 0.2) is 0 Å². The highest BCUT2D eigenvalue weighted by Crippen LogP contribution is 2.27. The third-order valence-corrected chi connectivity index (χ3v) is 0.892. The summed E-state index contributed by atoms with van der Waals surface area (Å²) in [5.41, 5.74) is 4.53. The summed E-state index contributed by atoms with van der Waals surface area (Å²) < 4.78 is 9.93. The van der Waals surface area contributed by atoms with Gasteiger partial charge in [0, 0.05) is 0 Å². The molecule has 0 rings (SSSR count). The van der Waals surface area contributed by atoms with Crippen molar-refractivity contribution < 1.29 is 9.46 Å². The van der Waals surface area contributed by atoms with Crippen LogP contribution in [0.25, 0.3) is 0 Å². The van der Waals surface area contributed by atoms with Crippen molar-refractivity contribution in [2.45, 2.75) is 0 Å². The fourth-order valence-electron chi connectivity index (χ4n) is 0.101. The molecule has 0 fully saturated rings. The second kappa shape index (κ2) is 2.08. The second-order valence-electron chi connectivity index (χ2n) is 1.07. The normalized spacial score (nSPS) is 17.3. The van der Waals surface area contributed by atoms with E-state index in [4.69, 9.17) is 10.2 Å². The van der Waals surface area contributed by atoms with Gasteiger partial charge in [-0.2, -0.15) is 5.26 Å². The molecule has 0 aliphatic heterocycles. The van der Waals surface area contributed by atoms with Crippen molar-refractivity contribution in [2.75, 3.05) is 6.16 Å². The summed E-state index contributed by atoms with van der Waals surface area (Å²) in [5.74, 6) is 0. The van der Waals surface area contributed by atoms with Gasteiger partial charge < -0.3 is 4.89 Å². The molecule has 0 spiro atoms. The van der Waals surface area contributed by atoms with Crippen molar-refractivity contribution in [2.24, 2.45) is 5.50 Å². The molecule has 4 nitrogen and oxygen atoms in total. The first-order valence-corrected chi connectivity index (χ1v) is 3.45. The molecule has 0 bridgehead atoms. The third-order valence-electron chi connectivity index (χ3n) is 0.297. The Hall–Kier alpha value is -0.360. The highest BCUT2D eigenvalue weighted by molar-refractivity contribution is 7.55. The average Bonchev–Trinajstić information content (AvgIpc) is 1.30. The zero-order valence-electron chi connectivity index (χ0n) is 3.53. The van der Waals surface area contributed by atoms with Crippen LogP contribution >= 0.6 is 7.52 Å². The van der Waals surface area contributed by atoms with E-state index in [1.165, 1.54) is 6.07 Å². The van der Waals surface area contributed by atoms with Crippen LogP contribution in [0.1, 0.15) is 0 Å². The van der Waals surface area contributed by atoms with Gasteiger partial charge in [0.2, 0.25) is 0 Å². The maximum absolute atomic E-state index is 9.93. The first-order chi connectivity index (χ1) is 3.06. The molecule has 0 aromatic carbocycles. The maximum Gasteiger partial charge on any atom is 0.278 e. The highest BCUT2D eigenvalue weighted by atomic mass is 31.2. The van der Waals surface area contributed by atoms with Crippen LogP contribution in [-0.2, 0) is 4.57 Å². The van der Waals surface area contributed by atoms with Crippen molar-refractivity contribution in [1.29, 1.82) is 5.26 Å². The van der Waals surface area contributed by atoms with Crippen molar-refractivity contribution >= 4 is 7.52 Å². The molecule has 40 valence electrons. The number of rotatable bonds is 1. The lowest BCUT2D eigenvalue weighted by atomic mass is 10.9. The van der Waals surface area contributed by atoms with Crippen molar-refractivity contribution in [3.8, 4) is 6.07 Å². The zero-order valence-corrected chi connectivity index (χ0v) is 4.43. The molecule has 0 saturated heterocycles. The Labute approximate surface area is 41.1 Å². The zero-order chi connectivity index (χ0) is 5.91.